The van der Waals surface area contributed by atoms with Gasteiger partial charge in [0.1, 0.15) is 5.76 Å². The zero-order valence-corrected chi connectivity index (χ0v) is 17.1. The van der Waals surface area contributed by atoms with Crippen LogP contribution in [0.4, 0.5) is 0 Å². The summed E-state index contributed by atoms with van der Waals surface area (Å²) in [6.07, 6.45) is 1.66. The molecular formula is C20H29ClN4O2. The van der Waals surface area contributed by atoms with Crippen LogP contribution in [-0.4, -0.2) is 30.8 Å². The summed E-state index contributed by atoms with van der Waals surface area (Å²) in [5, 5.41) is 11.4. The molecule has 1 heterocycles. The summed E-state index contributed by atoms with van der Waals surface area (Å²) in [6, 6.07) is 7.68. The topological polar surface area (TPSA) is 71.7 Å². The summed E-state index contributed by atoms with van der Waals surface area (Å²) in [7, 11) is 0. The lowest BCUT2D eigenvalue weighted by Crippen LogP contribution is -2.39. The van der Waals surface area contributed by atoms with Crippen molar-refractivity contribution in [3.63, 3.8) is 0 Å². The number of nitrogens with one attached hydrogen (secondary N) is 2. The van der Waals surface area contributed by atoms with Gasteiger partial charge >= 0.3 is 0 Å². The van der Waals surface area contributed by atoms with E-state index >= 15 is 0 Å². The Morgan fingerprint density at radius 2 is 1.93 bits per heavy atom. The number of hydrogen-bond acceptors (Lipinski definition) is 4. The van der Waals surface area contributed by atoms with Crippen LogP contribution < -0.4 is 10.6 Å². The first-order valence-electron chi connectivity index (χ1n) is 9.48. The first-order valence-corrected chi connectivity index (χ1v) is 9.86. The number of nitrogens with zero attached hydrogens (tertiary/aromatic N) is 2. The van der Waals surface area contributed by atoms with E-state index in [0.717, 1.165) is 52.9 Å². The van der Waals surface area contributed by atoms with E-state index in [-0.39, 0.29) is 0 Å². The smallest absolute Gasteiger partial charge is 0.191 e. The van der Waals surface area contributed by atoms with E-state index in [2.05, 4.69) is 34.6 Å². The van der Waals surface area contributed by atoms with Crippen LogP contribution in [0.15, 0.2) is 33.8 Å². The molecule has 7 heteroatoms. The van der Waals surface area contributed by atoms with Crippen molar-refractivity contribution >= 4 is 17.6 Å². The third-order valence-corrected chi connectivity index (χ3v) is 4.32. The summed E-state index contributed by atoms with van der Waals surface area (Å²) in [4.78, 5) is 4.66. The number of guanidine groups is 1. The number of hydrogen-bond donors (Lipinski definition) is 2. The highest BCUT2D eigenvalue weighted by Crippen LogP contribution is 2.16. The van der Waals surface area contributed by atoms with Gasteiger partial charge in [0.05, 0.1) is 25.5 Å². The Hall–Kier alpha value is -2.05. The van der Waals surface area contributed by atoms with E-state index in [1.807, 2.05) is 31.2 Å². The SMILES string of the molecule is CCNC(=NCc1c(CC)noc1CC)NCCOCc1ccc(Cl)cc1. The fourth-order valence-electron chi connectivity index (χ4n) is 2.63. The molecule has 6 nitrogen and oxygen atoms in total. The molecule has 0 unspecified atom stereocenters. The normalized spacial score (nSPS) is 11.6. The second kappa shape index (κ2) is 11.6. The molecule has 2 N–H and O–H groups in total. The van der Waals surface area contributed by atoms with Crippen molar-refractivity contribution in [3.8, 4) is 0 Å². The highest BCUT2D eigenvalue weighted by atomic mass is 35.5. The van der Waals surface area contributed by atoms with Gasteiger partial charge in [0, 0.05) is 30.1 Å². The Morgan fingerprint density at radius 3 is 2.59 bits per heavy atom. The monoisotopic (exact) mass is 392 g/mol. The molecule has 2 aromatic rings. The molecule has 0 aliphatic heterocycles. The Labute approximate surface area is 166 Å². The molecule has 0 spiro atoms. The summed E-state index contributed by atoms with van der Waals surface area (Å²) in [5.74, 6) is 1.68. The standard InChI is InChI=1S/C20H29ClN4O2/c1-4-18-17(19(5-2)27-25-18)13-24-20(22-6-3)23-11-12-26-14-15-7-9-16(21)10-8-15/h7-10H,4-6,11-14H2,1-3H3,(H2,22,23,24). The first kappa shape index (κ1) is 21.3. The Bertz CT molecular complexity index is 692. The number of benzene rings is 1. The van der Waals surface area contributed by atoms with Gasteiger partial charge in [0.15, 0.2) is 5.96 Å². The van der Waals surface area contributed by atoms with E-state index in [0.29, 0.717) is 26.3 Å². The van der Waals surface area contributed by atoms with Gasteiger partial charge < -0.3 is 19.9 Å². The van der Waals surface area contributed by atoms with E-state index in [1.165, 1.54) is 0 Å². The van der Waals surface area contributed by atoms with Crippen molar-refractivity contribution in [2.24, 2.45) is 4.99 Å². The van der Waals surface area contributed by atoms with Gasteiger partial charge in [-0.15, -0.1) is 0 Å². The van der Waals surface area contributed by atoms with Crippen molar-refractivity contribution in [3.05, 3.63) is 51.9 Å². The number of aryl methyl sites for hydroxylation is 2. The average Bonchev–Trinajstić information content (AvgIpc) is 3.09. The molecule has 1 aromatic heterocycles. The van der Waals surface area contributed by atoms with Gasteiger partial charge in [-0.25, -0.2) is 4.99 Å². The van der Waals surface area contributed by atoms with Gasteiger partial charge in [0.2, 0.25) is 0 Å². The number of ether oxygens (including phenoxy) is 1. The molecule has 2 rings (SSSR count). The lowest BCUT2D eigenvalue weighted by atomic mass is 10.1. The molecule has 0 bridgehead atoms. The lowest BCUT2D eigenvalue weighted by Gasteiger charge is -2.12. The molecule has 1 aromatic carbocycles. The van der Waals surface area contributed by atoms with E-state index in [4.69, 9.17) is 20.9 Å². The summed E-state index contributed by atoms with van der Waals surface area (Å²) < 4.78 is 11.1. The second-order valence-electron chi connectivity index (χ2n) is 6.04. The molecule has 0 aliphatic rings. The fourth-order valence-corrected chi connectivity index (χ4v) is 2.75. The van der Waals surface area contributed by atoms with E-state index in [1.54, 1.807) is 0 Å². The van der Waals surface area contributed by atoms with Gasteiger partial charge in [-0.3, -0.25) is 0 Å². The molecule has 0 saturated carbocycles. The van der Waals surface area contributed by atoms with Gasteiger partial charge in [-0.2, -0.15) is 0 Å². The van der Waals surface area contributed by atoms with Gasteiger partial charge in [0.25, 0.3) is 0 Å². The highest BCUT2D eigenvalue weighted by Gasteiger charge is 2.13. The second-order valence-corrected chi connectivity index (χ2v) is 6.48. The molecule has 0 amide bonds. The molecule has 0 saturated heterocycles. The van der Waals surface area contributed by atoms with Crippen LogP contribution in [0.25, 0.3) is 0 Å². The maximum absolute atomic E-state index is 5.88. The van der Waals surface area contributed by atoms with Crippen molar-refractivity contribution in [1.82, 2.24) is 15.8 Å². The van der Waals surface area contributed by atoms with Crippen LogP contribution in [0.3, 0.4) is 0 Å². The molecule has 0 fully saturated rings. The Morgan fingerprint density at radius 1 is 1.15 bits per heavy atom. The summed E-state index contributed by atoms with van der Waals surface area (Å²) >= 11 is 5.88. The molecular weight excluding hydrogens is 364 g/mol. The van der Waals surface area contributed by atoms with Crippen molar-refractivity contribution in [2.75, 3.05) is 19.7 Å². The van der Waals surface area contributed by atoms with Crippen LogP contribution in [0.1, 0.15) is 43.4 Å². The van der Waals surface area contributed by atoms with Crippen LogP contribution in [-0.2, 0) is 30.7 Å². The minimum atomic E-state index is 0.552. The molecule has 0 aliphatic carbocycles. The third-order valence-electron chi connectivity index (χ3n) is 4.07. The number of rotatable bonds is 10. The Kier molecular flexibility index (Phi) is 9.15. The number of aliphatic imine (C=N–C) groups is 1. The predicted octanol–water partition coefficient (Wildman–Crippen LogP) is 3.72. The first-order chi connectivity index (χ1) is 13.2. The molecule has 0 atom stereocenters. The zero-order chi connectivity index (χ0) is 19.5. The summed E-state index contributed by atoms with van der Waals surface area (Å²) in [6.45, 7) is 9.35. The maximum atomic E-state index is 5.88. The van der Waals surface area contributed by atoms with Crippen molar-refractivity contribution in [1.29, 1.82) is 0 Å². The number of aromatic nitrogens is 1. The average molecular weight is 393 g/mol. The minimum absolute atomic E-state index is 0.552. The van der Waals surface area contributed by atoms with E-state index in [9.17, 15) is 0 Å². The molecule has 27 heavy (non-hydrogen) atoms. The quantitative estimate of drug-likeness (QED) is 0.366. The van der Waals surface area contributed by atoms with Crippen LogP contribution in [0.5, 0.6) is 0 Å². The van der Waals surface area contributed by atoms with Crippen LogP contribution >= 0.6 is 11.6 Å². The predicted molar refractivity (Wildman–Crippen MR) is 109 cm³/mol. The molecule has 148 valence electrons. The van der Waals surface area contributed by atoms with E-state index < -0.39 is 0 Å². The van der Waals surface area contributed by atoms with Crippen LogP contribution in [0, 0.1) is 0 Å². The van der Waals surface area contributed by atoms with Crippen molar-refractivity contribution in [2.45, 2.75) is 46.8 Å². The zero-order valence-electron chi connectivity index (χ0n) is 16.3. The lowest BCUT2D eigenvalue weighted by molar-refractivity contribution is 0.125. The summed E-state index contributed by atoms with van der Waals surface area (Å²) in [5.41, 5.74) is 3.18. The highest BCUT2D eigenvalue weighted by molar-refractivity contribution is 6.30. The van der Waals surface area contributed by atoms with Crippen molar-refractivity contribution < 1.29 is 9.26 Å². The maximum Gasteiger partial charge on any atom is 0.191 e. The van der Waals surface area contributed by atoms with Crippen LogP contribution in [0.2, 0.25) is 5.02 Å². The molecule has 0 radical (unpaired) electrons. The minimum Gasteiger partial charge on any atom is -0.375 e. The van der Waals surface area contributed by atoms with Gasteiger partial charge in [-0.05, 0) is 31.0 Å². The third kappa shape index (κ3) is 6.88. The van der Waals surface area contributed by atoms with Gasteiger partial charge in [-0.1, -0.05) is 42.7 Å². The largest absolute Gasteiger partial charge is 0.375 e. The number of halogens is 1. The Balaban J connectivity index is 1.81. The fraction of sp³-hybridized carbons (Fsp3) is 0.500.